The van der Waals surface area contributed by atoms with Gasteiger partial charge in [-0.3, -0.25) is 4.79 Å². The molecule has 0 radical (unpaired) electrons. The molecule has 1 aromatic heterocycles. The minimum Gasteiger partial charge on any atom is -0.267 e. The Bertz CT molecular complexity index is 787. The molecule has 5 nitrogen and oxygen atoms in total. The standard InChI is InChI=1S/C21H26N4OS/c1-15-13-16(2)23-21(22-15)27-14-17-9-11-18(12-10-17)20(26)25-24-19-7-5-3-4-6-8-19/h9-13H,3-8,14H2,1-2H3,(H,25,26). The lowest BCUT2D eigenvalue weighted by atomic mass is 10.1. The predicted molar refractivity (Wildman–Crippen MR) is 110 cm³/mol. The predicted octanol–water partition coefficient (Wildman–Crippen LogP) is 4.83. The monoisotopic (exact) mass is 382 g/mol. The van der Waals surface area contributed by atoms with Gasteiger partial charge < -0.3 is 0 Å². The molecule has 2 aromatic rings. The van der Waals surface area contributed by atoms with E-state index in [1.165, 1.54) is 25.7 Å². The zero-order chi connectivity index (χ0) is 19.1. The van der Waals surface area contributed by atoms with Gasteiger partial charge in [-0.15, -0.1) is 0 Å². The van der Waals surface area contributed by atoms with E-state index in [1.54, 1.807) is 11.8 Å². The summed E-state index contributed by atoms with van der Waals surface area (Å²) in [5.74, 6) is 0.621. The highest BCUT2D eigenvalue weighted by atomic mass is 32.2. The first kappa shape index (κ1) is 19.5. The van der Waals surface area contributed by atoms with Crippen molar-refractivity contribution in [2.45, 2.75) is 63.3 Å². The number of hydrazone groups is 1. The molecule has 1 aromatic carbocycles. The number of aryl methyl sites for hydroxylation is 2. The van der Waals surface area contributed by atoms with Crippen LogP contribution in [0, 0.1) is 13.8 Å². The van der Waals surface area contributed by atoms with Crippen LogP contribution in [0.1, 0.15) is 65.8 Å². The van der Waals surface area contributed by atoms with E-state index < -0.39 is 0 Å². The maximum Gasteiger partial charge on any atom is 0.271 e. The zero-order valence-corrected chi connectivity index (χ0v) is 16.8. The van der Waals surface area contributed by atoms with Crippen molar-refractivity contribution < 1.29 is 4.79 Å². The maximum absolute atomic E-state index is 12.3. The van der Waals surface area contributed by atoms with Gasteiger partial charge in [0.2, 0.25) is 0 Å². The van der Waals surface area contributed by atoms with Gasteiger partial charge in [0.25, 0.3) is 5.91 Å². The molecule has 3 rings (SSSR count). The second-order valence-corrected chi connectivity index (χ2v) is 7.89. The number of nitrogens with zero attached hydrogens (tertiary/aromatic N) is 3. The van der Waals surface area contributed by atoms with E-state index in [9.17, 15) is 4.79 Å². The van der Waals surface area contributed by atoms with Crippen LogP contribution >= 0.6 is 11.8 Å². The van der Waals surface area contributed by atoms with Crippen LogP contribution in [0.2, 0.25) is 0 Å². The molecule has 0 saturated heterocycles. The molecule has 1 heterocycles. The lowest BCUT2D eigenvalue weighted by Crippen LogP contribution is -2.19. The Balaban J connectivity index is 1.54. The third kappa shape index (κ3) is 6.17. The SMILES string of the molecule is Cc1cc(C)nc(SCc2ccc(C(=O)NN=C3CCCCCC3)cc2)n1. The molecule has 0 atom stereocenters. The summed E-state index contributed by atoms with van der Waals surface area (Å²) in [5.41, 5.74) is 7.54. The number of thioether (sulfide) groups is 1. The topological polar surface area (TPSA) is 67.2 Å². The summed E-state index contributed by atoms with van der Waals surface area (Å²) < 4.78 is 0. The molecule has 142 valence electrons. The Hall–Kier alpha value is -2.21. The second kappa shape index (κ2) is 9.65. The number of carbonyl (C=O) groups excluding carboxylic acids is 1. The molecule has 0 unspecified atom stereocenters. The molecule has 1 aliphatic rings. The summed E-state index contributed by atoms with van der Waals surface area (Å²) >= 11 is 1.60. The van der Waals surface area contributed by atoms with Gasteiger partial charge in [-0.2, -0.15) is 5.10 Å². The summed E-state index contributed by atoms with van der Waals surface area (Å²) in [6, 6.07) is 9.62. The molecular formula is C21H26N4OS. The molecule has 27 heavy (non-hydrogen) atoms. The van der Waals surface area contributed by atoms with Gasteiger partial charge in [-0.05, 0) is 63.3 Å². The first-order valence-electron chi connectivity index (χ1n) is 9.50. The molecular weight excluding hydrogens is 356 g/mol. The number of nitrogens with one attached hydrogen (secondary N) is 1. The highest BCUT2D eigenvalue weighted by molar-refractivity contribution is 7.98. The Morgan fingerprint density at radius 2 is 1.67 bits per heavy atom. The van der Waals surface area contributed by atoms with E-state index in [0.29, 0.717) is 5.56 Å². The normalized spacial score (nSPS) is 14.5. The van der Waals surface area contributed by atoms with Crippen molar-refractivity contribution >= 4 is 23.4 Å². The molecule has 1 N–H and O–H groups in total. The fourth-order valence-electron chi connectivity index (χ4n) is 3.10. The van der Waals surface area contributed by atoms with Gasteiger partial charge in [0.05, 0.1) is 0 Å². The van der Waals surface area contributed by atoms with Gasteiger partial charge >= 0.3 is 0 Å². The molecule has 0 bridgehead atoms. The van der Waals surface area contributed by atoms with Crippen molar-refractivity contribution in [2.24, 2.45) is 5.10 Å². The van der Waals surface area contributed by atoms with Gasteiger partial charge in [-0.25, -0.2) is 15.4 Å². The quantitative estimate of drug-likeness (QED) is 0.348. The van der Waals surface area contributed by atoms with Crippen LogP contribution in [-0.2, 0) is 5.75 Å². The van der Waals surface area contributed by atoms with Crippen molar-refractivity contribution in [3.05, 3.63) is 52.8 Å². The number of hydrogen-bond donors (Lipinski definition) is 1. The summed E-state index contributed by atoms with van der Waals surface area (Å²) in [4.78, 5) is 21.2. The van der Waals surface area contributed by atoms with Crippen molar-refractivity contribution in [3.8, 4) is 0 Å². The van der Waals surface area contributed by atoms with Crippen LogP contribution in [0.3, 0.4) is 0 Å². The number of benzene rings is 1. The molecule has 0 aliphatic heterocycles. The lowest BCUT2D eigenvalue weighted by molar-refractivity contribution is 0.0954. The van der Waals surface area contributed by atoms with Crippen molar-refractivity contribution in [1.29, 1.82) is 0 Å². The van der Waals surface area contributed by atoms with Crippen molar-refractivity contribution in [1.82, 2.24) is 15.4 Å². The number of carbonyl (C=O) groups is 1. The first-order chi connectivity index (χ1) is 13.1. The Morgan fingerprint density at radius 3 is 2.30 bits per heavy atom. The zero-order valence-electron chi connectivity index (χ0n) is 16.0. The largest absolute Gasteiger partial charge is 0.271 e. The molecule has 6 heteroatoms. The number of rotatable bonds is 5. The Morgan fingerprint density at radius 1 is 1.04 bits per heavy atom. The van der Waals surface area contributed by atoms with Gasteiger partial charge in [0.15, 0.2) is 5.16 Å². The highest BCUT2D eigenvalue weighted by Crippen LogP contribution is 2.20. The fraction of sp³-hybridized carbons (Fsp3) is 0.429. The van der Waals surface area contributed by atoms with Crippen LogP contribution in [0.4, 0.5) is 0 Å². The van der Waals surface area contributed by atoms with Gasteiger partial charge in [0.1, 0.15) is 0 Å². The van der Waals surface area contributed by atoms with E-state index in [1.807, 2.05) is 44.2 Å². The van der Waals surface area contributed by atoms with Crippen LogP contribution in [-0.4, -0.2) is 21.6 Å². The summed E-state index contributed by atoms with van der Waals surface area (Å²) in [5, 5.41) is 5.12. The number of amides is 1. The van der Waals surface area contributed by atoms with Crippen LogP contribution in [0.15, 0.2) is 40.6 Å². The molecule has 1 aliphatic carbocycles. The lowest BCUT2D eigenvalue weighted by Gasteiger charge is -2.06. The van der Waals surface area contributed by atoms with E-state index in [4.69, 9.17) is 0 Å². The Kier molecular flexibility index (Phi) is 6.98. The fourth-order valence-corrected chi connectivity index (χ4v) is 4.01. The summed E-state index contributed by atoms with van der Waals surface area (Å²) in [6.45, 7) is 3.95. The van der Waals surface area contributed by atoms with E-state index in [0.717, 1.165) is 46.4 Å². The van der Waals surface area contributed by atoms with Crippen LogP contribution in [0.25, 0.3) is 0 Å². The maximum atomic E-state index is 12.3. The minimum atomic E-state index is -0.149. The first-order valence-corrected chi connectivity index (χ1v) is 10.5. The van der Waals surface area contributed by atoms with Gasteiger partial charge in [-0.1, -0.05) is 36.7 Å². The van der Waals surface area contributed by atoms with Crippen molar-refractivity contribution in [3.63, 3.8) is 0 Å². The molecule has 0 spiro atoms. The molecule has 1 saturated carbocycles. The van der Waals surface area contributed by atoms with Crippen LogP contribution in [0.5, 0.6) is 0 Å². The van der Waals surface area contributed by atoms with Gasteiger partial charge in [0, 0.05) is 28.4 Å². The average Bonchev–Trinajstić information content (AvgIpc) is 2.93. The molecule has 1 amide bonds. The Labute approximate surface area is 165 Å². The smallest absolute Gasteiger partial charge is 0.267 e. The summed E-state index contributed by atoms with van der Waals surface area (Å²) in [7, 11) is 0. The average molecular weight is 383 g/mol. The van der Waals surface area contributed by atoms with Crippen LogP contribution < -0.4 is 5.43 Å². The second-order valence-electron chi connectivity index (χ2n) is 6.95. The third-order valence-electron chi connectivity index (χ3n) is 4.54. The van der Waals surface area contributed by atoms with Crippen molar-refractivity contribution in [2.75, 3.05) is 0 Å². The highest BCUT2D eigenvalue weighted by Gasteiger charge is 2.09. The molecule has 1 fully saturated rings. The van der Waals surface area contributed by atoms with E-state index >= 15 is 0 Å². The summed E-state index contributed by atoms with van der Waals surface area (Å²) in [6.07, 6.45) is 6.86. The number of hydrogen-bond acceptors (Lipinski definition) is 5. The van der Waals surface area contributed by atoms with E-state index in [-0.39, 0.29) is 5.91 Å². The minimum absolute atomic E-state index is 0.149. The number of aromatic nitrogens is 2. The third-order valence-corrected chi connectivity index (χ3v) is 5.46. The van der Waals surface area contributed by atoms with E-state index in [2.05, 4.69) is 20.5 Å².